The second-order valence-corrected chi connectivity index (χ2v) is 8.58. The van der Waals surface area contributed by atoms with E-state index in [0.717, 1.165) is 32.4 Å². The van der Waals surface area contributed by atoms with Gasteiger partial charge in [0, 0.05) is 38.6 Å². The van der Waals surface area contributed by atoms with Crippen LogP contribution >= 0.6 is 12.2 Å². The summed E-state index contributed by atoms with van der Waals surface area (Å²) in [5.74, 6) is 0.436. The molecule has 1 saturated heterocycles. The molecule has 1 aliphatic carbocycles. The second kappa shape index (κ2) is 6.68. The summed E-state index contributed by atoms with van der Waals surface area (Å²) in [5.41, 5.74) is 5.59. The van der Waals surface area contributed by atoms with Crippen molar-refractivity contribution in [3.05, 3.63) is 0 Å². The monoisotopic (exact) mass is 319 g/mol. The zero-order chi connectivity index (χ0) is 14.8. The third-order valence-corrected chi connectivity index (χ3v) is 5.63. The minimum atomic E-state index is -3.05. The van der Waals surface area contributed by atoms with Gasteiger partial charge in [0.15, 0.2) is 0 Å². The van der Waals surface area contributed by atoms with Gasteiger partial charge in [-0.2, -0.15) is 0 Å². The molecule has 0 radical (unpaired) electrons. The number of thiocarbonyl (C=S) groups is 1. The molecule has 0 aromatic carbocycles. The van der Waals surface area contributed by atoms with Gasteiger partial charge >= 0.3 is 0 Å². The normalized spacial score (nSPS) is 25.0. The summed E-state index contributed by atoms with van der Waals surface area (Å²) in [6, 6.07) is 0.665. The summed E-state index contributed by atoms with van der Waals surface area (Å²) in [6.07, 6.45) is 6.64. The zero-order valence-corrected chi connectivity index (χ0v) is 13.8. The van der Waals surface area contributed by atoms with E-state index < -0.39 is 10.0 Å². The minimum absolute atomic E-state index is 0.436. The van der Waals surface area contributed by atoms with Crippen LogP contribution in [-0.4, -0.2) is 61.1 Å². The van der Waals surface area contributed by atoms with Gasteiger partial charge in [-0.3, -0.25) is 4.90 Å². The number of sulfonamides is 1. The highest BCUT2D eigenvalue weighted by molar-refractivity contribution is 7.88. The molecular weight excluding hydrogens is 294 g/mol. The van der Waals surface area contributed by atoms with Gasteiger partial charge < -0.3 is 5.73 Å². The summed E-state index contributed by atoms with van der Waals surface area (Å²) >= 11 is 4.96. The van der Waals surface area contributed by atoms with E-state index in [9.17, 15) is 8.42 Å². The van der Waals surface area contributed by atoms with Gasteiger partial charge in [-0.05, 0) is 31.6 Å². The minimum Gasteiger partial charge on any atom is -0.393 e. The summed E-state index contributed by atoms with van der Waals surface area (Å²) in [6.45, 7) is 3.22. The van der Waals surface area contributed by atoms with E-state index >= 15 is 0 Å². The first-order valence-electron chi connectivity index (χ1n) is 7.33. The van der Waals surface area contributed by atoms with Gasteiger partial charge in [0.2, 0.25) is 10.0 Å². The molecule has 1 unspecified atom stereocenters. The Bertz CT molecular complexity index is 449. The second-order valence-electron chi connectivity index (χ2n) is 6.07. The van der Waals surface area contributed by atoms with E-state index in [-0.39, 0.29) is 0 Å². The van der Waals surface area contributed by atoms with Crippen LogP contribution in [0, 0.1) is 5.92 Å². The molecular formula is C13H25N3O2S2. The molecule has 2 fully saturated rings. The number of hydrogen-bond donors (Lipinski definition) is 1. The highest BCUT2D eigenvalue weighted by atomic mass is 32.2. The van der Waals surface area contributed by atoms with Gasteiger partial charge in [-0.15, -0.1) is 0 Å². The Morgan fingerprint density at radius 2 is 2.10 bits per heavy atom. The standard InChI is InChI=1S/C13H25N3O2S2/c1-20(17,18)16-7-2-3-11(10-16)9-15(12-4-5-12)8-6-13(14)19/h11-12H,2-10H2,1H3,(H2,14,19). The molecule has 2 N–H and O–H groups in total. The van der Waals surface area contributed by atoms with Gasteiger partial charge in [0.25, 0.3) is 0 Å². The molecule has 2 rings (SSSR count). The predicted octanol–water partition coefficient (Wildman–Crippen LogP) is 0.799. The summed E-state index contributed by atoms with van der Waals surface area (Å²) in [4.78, 5) is 3.02. The largest absolute Gasteiger partial charge is 0.393 e. The Morgan fingerprint density at radius 1 is 1.40 bits per heavy atom. The van der Waals surface area contributed by atoms with Crippen LogP contribution in [0.3, 0.4) is 0 Å². The van der Waals surface area contributed by atoms with Gasteiger partial charge in [-0.25, -0.2) is 12.7 Å². The fraction of sp³-hybridized carbons (Fsp3) is 0.923. The number of nitrogens with two attached hydrogens (primary N) is 1. The van der Waals surface area contributed by atoms with E-state index in [1.54, 1.807) is 4.31 Å². The van der Waals surface area contributed by atoms with E-state index in [1.165, 1.54) is 19.1 Å². The van der Waals surface area contributed by atoms with Crippen LogP contribution in [-0.2, 0) is 10.0 Å². The lowest BCUT2D eigenvalue weighted by Crippen LogP contribution is -2.44. The van der Waals surface area contributed by atoms with E-state index in [4.69, 9.17) is 18.0 Å². The number of nitrogens with zero attached hydrogens (tertiary/aromatic N) is 2. The average molecular weight is 319 g/mol. The topological polar surface area (TPSA) is 66.6 Å². The lowest BCUT2D eigenvalue weighted by molar-refractivity contribution is 0.175. The van der Waals surface area contributed by atoms with Crippen molar-refractivity contribution in [2.45, 2.75) is 38.1 Å². The molecule has 5 nitrogen and oxygen atoms in total. The molecule has 1 heterocycles. The first-order valence-corrected chi connectivity index (χ1v) is 9.59. The van der Waals surface area contributed by atoms with E-state index in [1.807, 2.05) is 0 Å². The van der Waals surface area contributed by atoms with Gasteiger partial charge in [-0.1, -0.05) is 12.2 Å². The Morgan fingerprint density at radius 3 is 2.65 bits per heavy atom. The lowest BCUT2D eigenvalue weighted by atomic mass is 9.99. The molecule has 0 amide bonds. The average Bonchev–Trinajstić information content (AvgIpc) is 3.18. The van der Waals surface area contributed by atoms with Crippen molar-refractivity contribution in [3.8, 4) is 0 Å². The van der Waals surface area contributed by atoms with Crippen molar-refractivity contribution in [3.63, 3.8) is 0 Å². The lowest BCUT2D eigenvalue weighted by Gasteiger charge is -2.34. The van der Waals surface area contributed by atoms with Gasteiger partial charge in [0.1, 0.15) is 0 Å². The first kappa shape index (κ1) is 16.1. The smallest absolute Gasteiger partial charge is 0.211 e. The molecule has 1 saturated carbocycles. The Balaban J connectivity index is 1.87. The quantitative estimate of drug-likeness (QED) is 0.703. The Labute approximate surface area is 127 Å². The molecule has 1 atom stereocenters. The summed E-state index contributed by atoms with van der Waals surface area (Å²) in [5, 5.41) is 0. The molecule has 0 bridgehead atoms. The molecule has 116 valence electrons. The fourth-order valence-electron chi connectivity index (χ4n) is 2.93. The van der Waals surface area contributed by atoms with E-state index in [0.29, 0.717) is 30.0 Å². The maximum absolute atomic E-state index is 11.7. The number of piperidine rings is 1. The molecule has 20 heavy (non-hydrogen) atoms. The van der Waals surface area contributed by atoms with Crippen molar-refractivity contribution < 1.29 is 8.42 Å². The third-order valence-electron chi connectivity index (χ3n) is 4.15. The molecule has 7 heteroatoms. The molecule has 1 aliphatic heterocycles. The van der Waals surface area contributed by atoms with Crippen molar-refractivity contribution in [1.82, 2.24) is 9.21 Å². The van der Waals surface area contributed by atoms with Crippen LogP contribution in [0.15, 0.2) is 0 Å². The van der Waals surface area contributed by atoms with Crippen LogP contribution in [0.5, 0.6) is 0 Å². The maximum Gasteiger partial charge on any atom is 0.211 e. The SMILES string of the molecule is CS(=O)(=O)N1CCCC(CN(CCC(N)=S)C2CC2)C1. The predicted molar refractivity (Wildman–Crippen MR) is 85.1 cm³/mol. The van der Waals surface area contributed by atoms with Crippen LogP contribution in [0.2, 0.25) is 0 Å². The van der Waals surface area contributed by atoms with Crippen molar-refractivity contribution in [1.29, 1.82) is 0 Å². The van der Waals surface area contributed by atoms with Crippen LogP contribution in [0.1, 0.15) is 32.1 Å². The van der Waals surface area contributed by atoms with E-state index in [2.05, 4.69) is 4.90 Å². The molecule has 0 aromatic heterocycles. The van der Waals surface area contributed by atoms with Crippen LogP contribution < -0.4 is 5.73 Å². The summed E-state index contributed by atoms with van der Waals surface area (Å²) in [7, 11) is -3.05. The maximum atomic E-state index is 11.7. The van der Waals surface area contributed by atoms with Gasteiger partial charge in [0.05, 0.1) is 11.2 Å². The number of hydrogen-bond acceptors (Lipinski definition) is 4. The molecule has 2 aliphatic rings. The highest BCUT2D eigenvalue weighted by Crippen LogP contribution is 2.29. The zero-order valence-electron chi connectivity index (χ0n) is 12.1. The highest BCUT2D eigenvalue weighted by Gasteiger charge is 2.33. The number of rotatable bonds is 7. The fourth-order valence-corrected chi connectivity index (χ4v) is 3.96. The Hall–Kier alpha value is -0.240. The van der Waals surface area contributed by atoms with Crippen molar-refractivity contribution >= 4 is 27.2 Å². The third kappa shape index (κ3) is 4.95. The molecule has 0 spiro atoms. The van der Waals surface area contributed by atoms with Crippen molar-refractivity contribution in [2.24, 2.45) is 11.7 Å². The van der Waals surface area contributed by atoms with Crippen LogP contribution in [0.4, 0.5) is 0 Å². The molecule has 0 aromatic rings. The summed E-state index contributed by atoms with van der Waals surface area (Å²) < 4.78 is 24.9. The Kier molecular flexibility index (Phi) is 5.39. The first-order chi connectivity index (χ1) is 9.36. The van der Waals surface area contributed by atoms with Crippen LogP contribution in [0.25, 0.3) is 0 Å². The van der Waals surface area contributed by atoms with Crippen molar-refractivity contribution in [2.75, 3.05) is 32.4 Å².